The summed E-state index contributed by atoms with van der Waals surface area (Å²) in [7, 11) is 0. The lowest BCUT2D eigenvalue weighted by molar-refractivity contribution is 0.103. The van der Waals surface area contributed by atoms with E-state index in [1.807, 2.05) is 19.1 Å². The van der Waals surface area contributed by atoms with Gasteiger partial charge in [-0.3, -0.25) is 4.79 Å². The molecule has 0 spiro atoms. The van der Waals surface area contributed by atoms with Crippen molar-refractivity contribution in [3.05, 3.63) is 55.8 Å². The lowest BCUT2D eigenvalue weighted by Crippen LogP contribution is -2.13. The molecular formula is C18H15BrN4OS2. The van der Waals surface area contributed by atoms with E-state index in [0.717, 1.165) is 24.8 Å². The van der Waals surface area contributed by atoms with Crippen molar-refractivity contribution in [1.29, 1.82) is 0 Å². The second-order valence-corrected chi connectivity index (χ2v) is 9.51. The molecule has 0 atom stereocenters. The van der Waals surface area contributed by atoms with Gasteiger partial charge >= 0.3 is 0 Å². The number of carbonyl (C=O) groups excluding carboxylic acids is 1. The van der Waals surface area contributed by atoms with Crippen molar-refractivity contribution in [2.75, 3.05) is 5.32 Å². The van der Waals surface area contributed by atoms with E-state index in [0.29, 0.717) is 10.7 Å². The molecule has 0 fully saturated rings. The van der Waals surface area contributed by atoms with Crippen molar-refractivity contribution in [2.24, 2.45) is 0 Å². The molecule has 0 unspecified atom stereocenters. The number of nitrogens with zero attached hydrogens (tertiary/aromatic N) is 3. The van der Waals surface area contributed by atoms with Crippen LogP contribution in [0.15, 0.2) is 34.1 Å². The molecule has 0 saturated heterocycles. The number of nitrogens with one attached hydrogen (secondary N) is 1. The summed E-state index contributed by atoms with van der Waals surface area (Å²) < 4.78 is 3.73. The van der Waals surface area contributed by atoms with E-state index >= 15 is 0 Å². The smallest absolute Gasteiger partial charge is 0.266 e. The molecule has 5 nitrogen and oxygen atoms in total. The molecule has 1 aromatic carbocycles. The molecule has 1 amide bonds. The highest BCUT2D eigenvalue weighted by atomic mass is 79.9. The number of aromatic nitrogens is 3. The molecule has 0 aliphatic carbocycles. The lowest BCUT2D eigenvalue weighted by Gasteiger charge is -2.05. The van der Waals surface area contributed by atoms with Crippen LogP contribution in [-0.2, 0) is 0 Å². The van der Waals surface area contributed by atoms with Crippen LogP contribution in [0.3, 0.4) is 0 Å². The summed E-state index contributed by atoms with van der Waals surface area (Å²) in [4.78, 5) is 17.8. The lowest BCUT2D eigenvalue weighted by atomic mass is 10.1. The molecule has 3 aromatic heterocycles. The van der Waals surface area contributed by atoms with Crippen molar-refractivity contribution in [2.45, 2.75) is 20.8 Å². The first-order valence-electron chi connectivity index (χ1n) is 7.92. The Morgan fingerprint density at radius 2 is 1.88 bits per heavy atom. The number of hydrogen-bond acceptors (Lipinski definition) is 5. The molecule has 4 rings (SSSR count). The van der Waals surface area contributed by atoms with Crippen molar-refractivity contribution < 1.29 is 4.79 Å². The molecule has 132 valence electrons. The van der Waals surface area contributed by atoms with E-state index in [9.17, 15) is 4.79 Å². The molecular weight excluding hydrogens is 432 g/mol. The monoisotopic (exact) mass is 446 g/mol. The summed E-state index contributed by atoms with van der Waals surface area (Å²) in [6.45, 7) is 6.07. The Hall–Kier alpha value is -2.03. The number of halogens is 1. The summed E-state index contributed by atoms with van der Waals surface area (Å²) in [6, 6.07) is 9.73. The van der Waals surface area contributed by atoms with Gasteiger partial charge in [-0.05, 0) is 72.1 Å². The Morgan fingerprint density at radius 3 is 2.62 bits per heavy atom. The Bertz CT molecular complexity index is 1100. The molecule has 1 N–H and O–H groups in total. The van der Waals surface area contributed by atoms with E-state index in [2.05, 4.69) is 52.3 Å². The third kappa shape index (κ3) is 3.20. The maximum Gasteiger partial charge on any atom is 0.266 e. The minimum absolute atomic E-state index is 0.158. The first-order valence-corrected chi connectivity index (χ1v) is 10.3. The van der Waals surface area contributed by atoms with Crippen LogP contribution in [0.4, 0.5) is 5.82 Å². The third-order valence-corrected chi connectivity index (χ3v) is 6.66. The molecule has 0 bridgehead atoms. The molecule has 4 aromatic rings. The van der Waals surface area contributed by atoms with E-state index in [4.69, 9.17) is 4.98 Å². The molecule has 0 aliphatic heterocycles. The molecule has 0 aliphatic rings. The van der Waals surface area contributed by atoms with Gasteiger partial charge < -0.3 is 5.32 Å². The number of benzene rings is 1. The van der Waals surface area contributed by atoms with E-state index in [-0.39, 0.29) is 5.91 Å². The summed E-state index contributed by atoms with van der Waals surface area (Å²) in [6.07, 6.45) is 0. The average molecular weight is 447 g/mol. The highest BCUT2D eigenvalue weighted by molar-refractivity contribution is 9.11. The summed E-state index contributed by atoms with van der Waals surface area (Å²) >= 11 is 6.34. The van der Waals surface area contributed by atoms with Crippen LogP contribution < -0.4 is 5.32 Å². The van der Waals surface area contributed by atoms with Crippen molar-refractivity contribution >= 4 is 60.5 Å². The number of thiazole rings is 1. The van der Waals surface area contributed by atoms with Crippen LogP contribution in [0, 0.1) is 20.8 Å². The highest BCUT2D eigenvalue weighted by Crippen LogP contribution is 2.30. The van der Waals surface area contributed by atoms with Gasteiger partial charge in [0.1, 0.15) is 5.82 Å². The number of hydrogen-bond donors (Lipinski definition) is 1. The predicted octanol–water partition coefficient (Wildman–Crippen LogP) is 5.48. The Morgan fingerprint density at radius 1 is 1.12 bits per heavy atom. The van der Waals surface area contributed by atoms with Crippen LogP contribution in [-0.4, -0.2) is 20.7 Å². The molecule has 8 heteroatoms. The first-order chi connectivity index (χ1) is 12.4. The number of carbonyl (C=O) groups is 1. The number of aryl methyl sites for hydroxylation is 3. The van der Waals surface area contributed by atoms with Gasteiger partial charge in [0, 0.05) is 6.07 Å². The van der Waals surface area contributed by atoms with Gasteiger partial charge in [-0.1, -0.05) is 11.3 Å². The van der Waals surface area contributed by atoms with Crippen LogP contribution in [0.25, 0.3) is 15.3 Å². The Labute approximate surface area is 166 Å². The van der Waals surface area contributed by atoms with Crippen molar-refractivity contribution in [3.63, 3.8) is 0 Å². The quantitative estimate of drug-likeness (QED) is 0.452. The second-order valence-electron chi connectivity index (χ2n) is 6.04. The van der Waals surface area contributed by atoms with Gasteiger partial charge in [-0.25, -0.2) is 4.98 Å². The van der Waals surface area contributed by atoms with E-state index in [1.165, 1.54) is 22.5 Å². The van der Waals surface area contributed by atoms with Gasteiger partial charge in [0.2, 0.25) is 5.13 Å². The standard InChI is InChI=1S/C18H15BrN4OS2/c1-9-6-12-14(7-10(9)2)26-18(20-12)23-16(8-11(3)22-23)21-17(24)13-4-5-15(19)25-13/h4-8H,1-3H3,(H,21,24). The number of rotatable bonds is 3. The fourth-order valence-electron chi connectivity index (χ4n) is 2.61. The molecule has 3 heterocycles. The van der Waals surface area contributed by atoms with Crippen LogP contribution in [0.2, 0.25) is 0 Å². The van der Waals surface area contributed by atoms with Gasteiger partial charge in [-0.15, -0.1) is 11.3 Å². The highest BCUT2D eigenvalue weighted by Gasteiger charge is 2.16. The van der Waals surface area contributed by atoms with Gasteiger partial charge in [0.15, 0.2) is 0 Å². The van der Waals surface area contributed by atoms with Gasteiger partial charge in [0.05, 0.1) is 24.6 Å². The van der Waals surface area contributed by atoms with Gasteiger partial charge in [0.25, 0.3) is 5.91 Å². The molecule has 0 saturated carbocycles. The zero-order valence-electron chi connectivity index (χ0n) is 14.3. The van der Waals surface area contributed by atoms with E-state index in [1.54, 1.807) is 22.1 Å². The zero-order valence-corrected chi connectivity index (χ0v) is 17.6. The molecule has 0 radical (unpaired) electrons. The maximum absolute atomic E-state index is 12.5. The summed E-state index contributed by atoms with van der Waals surface area (Å²) in [5, 5.41) is 8.20. The summed E-state index contributed by atoms with van der Waals surface area (Å²) in [5.41, 5.74) is 4.21. The van der Waals surface area contributed by atoms with Crippen molar-refractivity contribution in [3.8, 4) is 5.13 Å². The maximum atomic E-state index is 12.5. The fourth-order valence-corrected chi connectivity index (χ4v) is 4.90. The van der Waals surface area contributed by atoms with Gasteiger partial charge in [-0.2, -0.15) is 9.78 Å². The number of amides is 1. The topological polar surface area (TPSA) is 59.8 Å². The fraction of sp³-hybridized carbons (Fsp3) is 0.167. The third-order valence-electron chi connectivity index (χ3n) is 4.04. The van der Waals surface area contributed by atoms with Crippen LogP contribution in [0.5, 0.6) is 0 Å². The SMILES string of the molecule is Cc1cc(NC(=O)c2ccc(Br)s2)n(-c2nc3cc(C)c(C)cc3s2)n1. The minimum atomic E-state index is -0.158. The first kappa shape index (κ1) is 17.4. The Balaban J connectivity index is 1.72. The minimum Gasteiger partial charge on any atom is -0.306 e. The number of thiophene rings is 1. The normalized spacial score (nSPS) is 11.2. The largest absolute Gasteiger partial charge is 0.306 e. The van der Waals surface area contributed by atoms with E-state index < -0.39 is 0 Å². The number of fused-ring (bicyclic) bond motifs is 1. The predicted molar refractivity (Wildman–Crippen MR) is 111 cm³/mol. The molecule has 26 heavy (non-hydrogen) atoms. The second kappa shape index (κ2) is 6.61. The average Bonchev–Trinajstić information content (AvgIpc) is 3.27. The van der Waals surface area contributed by atoms with Crippen LogP contribution in [0.1, 0.15) is 26.5 Å². The van der Waals surface area contributed by atoms with Crippen molar-refractivity contribution in [1.82, 2.24) is 14.8 Å². The summed E-state index contributed by atoms with van der Waals surface area (Å²) in [5.74, 6) is 0.458. The zero-order chi connectivity index (χ0) is 18.4. The van der Waals surface area contributed by atoms with Crippen LogP contribution >= 0.6 is 38.6 Å². The number of anilines is 1. The Kier molecular flexibility index (Phi) is 4.42.